The number of hydrogen-bond donors (Lipinski definition) is 2. The van der Waals surface area contributed by atoms with Crippen LogP contribution >= 0.6 is 0 Å². The van der Waals surface area contributed by atoms with Gasteiger partial charge in [-0.25, -0.2) is 0 Å². The summed E-state index contributed by atoms with van der Waals surface area (Å²) in [5.41, 5.74) is 2.90. The summed E-state index contributed by atoms with van der Waals surface area (Å²) in [6, 6.07) is 12.8. The molecule has 2 aromatic rings. The van der Waals surface area contributed by atoms with Crippen LogP contribution in [-0.2, 0) is 0 Å². The van der Waals surface area contributed by atoms with E-state index in [1.54, 1.807) is 30.3 Å². The van der Waals surface area contributed by atoms with Gasteiger partial charge in [0.15, 0.2) is 5.78 Å². The van der Waals surface area contributed by atoms with Crippen LogP contribution < -0.4 is 5.48 Å². The molecular weight excluding hydrogens is 232 g/mol. The summed E-state index contributed by atoms with van der Waals surface area (Å²) in [6.45, 7) is 0. The molecule has 0 fully saturated rings. The predicted molar refractivity (Wildman–Crippen MR) is 67.2 cm³/mol. The van der Waals surface area contributed by atoms with E-state index in [0.717, 1.165) is 0 Å². The van der Waals surface area contributed by atoms with Crippen LogP contribution in [0.5, 0.6) is 0 Å². The fourth-order valence-electron chi connectivity index (χ4n) is 1.61. The average Bonchev–Trinajstić information content (AvgIpc) is 2.46. The Hall–Kier alpha value is -2.53. The fraction of sp³-hybridized carbons (Fsp3) is 0. The molecule has 0 aromatic heterocycles. The Kier molecular flexibility index (Phi) is 3.45. The van der Waals surface area contributed by atoms with E-state index in [0.29, 0.717) is 11.3 Å². The Bertz CT molecular complexity index is 582. The molecule has 5 nitrogen and oxygen atoms in total. The molecule has 2 rings (SSSR count). The molecule has 0 saturated carbocycles. The summed E-state index contributed by atoms with van der Waals surface area (Å²) in [5, 5.41) is 11.6. The van der Waals surface area contributed by atoms with Gasteiger partial charge in [0.05, 0.1) is 11.3 Å². The van der Waals surface area contributed by atoms with Crippen molar-refractivity contribution < 1.29 is 10.0 Å². The first-order chi connectivity index (χ1) is 8.76. The number of hydrogen-bond acceptors (Lipinski definition) is 5. The predicted octanol–water partition coefficient (Wildman–Crippen LogP) is 3.12. The molecule has 0 radical (unpaired) electrons. The lowest BCUT2D eigenvalue weighted by Crippen LogP contribution is -2.02. The standard InChI is InChI=1S/C13H10N2O3/c16-13(9-4-2-1-3-5-9)11-8-10(14-17)6-7-12(11)15-18/h1-8,14,17H. The lowest BCUT2D eigenvalue weighted by atomic mass is 10.0. The molecule has 18 heavy (non-hydrogen) atoms. The van der Waals surface area contributed by atoms with E-state index in [-0.39, 0.29) is 17.0 Å². The molecule has 0 bridgehead atoms. The molecule has 0 saturated heterocycles. The molecule has 90 valence electrons. The van der Waals surface area contributed by atoms with Crippen molar-refractivity contribution in [2.24, 2.45) is 5.18 Å². The molecular formula is C13H10N2O3. The van der Waals surface area contributed by atoms with E-state index in [9.17, 15) is 9.70 Å². The third-order valence-corrected chi connectivity index (χ3v) is 2.50. The van der Waals surface area contributed by atoms with E-state index in [1.165, 1.54) is 18.2 Å². The average molecular weight is 242 g/mol. The van der Waals surface area contributed by atoms with Crippen molar-refractivity contribution in [1.29, 1.82) is 0 Å². The zero-order valence-electron chi connectivity index (χ0n) is 9.33. The van der Waals surface area contributed by atoms with Crippen molar-refractivity contribution >= 4 is 17.2 Å². The van der Waals surface area contributed by atoms with Crippen LogP contribution in [0.4, 0.5) is 11.4 Å². The number of benzene rings is 2. The quantitative estimate of drug-likeness (QED) is 0.490. The lowest BCUT2D eigenvalue weighted by molar-refractivity contribution is 0.103. The van der Waals surface area contributed by atoms with E-state index < -0.39 is 0 Å². The van der Waals surface area contributed by atoms with Crippen molar-refractivity contribution in [2.45, 2.75) is 0 Å². The van der Waals surface area contributed by atoms with Gasteiger partial charge in [0.1, 0.15) is 5.69 Å². The summed E-state index contributed by atoms with van der Waals surface area (Å²) in [6.07, 6.45) is 0. The first kappa shape index (κ1) is 11.9. The number of anilines is 1. The molecule has 0 heterocycles. The highest BCUT2D eigenvalue weighted by molar-refractivity contribution is 6.12. The maximum atomic E-state index is 12.2. The number of nitroso groups, excluding NO2 is 1. The summed E-state index contributed by atoms with van der Waals surface area (Å²) in [5.74, 6) is -0.317. The second kappa shape index (κ2) is 5.20. The Morgan fingerprint density at radius 1 is 1.11 bits per heavy atom. The van der Waals surface area contributed by atoms with Gasteiger partial charge in [-0.2, -0.15) is 0 Å². The van der Waals surface area contributed by atoms with Crippen LogP contribution in [0.1, 0.15) is 15.9 Å². The molecule has 2 N–H and O–H groups in total. The smallest absolute Gasteiger partial charge is 0.195 e. The van der Waals surface area contributed by atoms with Gasteiger partial charge in [0.25, 0.3) is 0 Å². The number of carbonyl (C=O) groups is 1. The molecule has 0 unspecified atom stereocenters. The first-order valence-electron chi connectivity index (χ1n) is 5.23. The number of nitrogens with zero attached hydrogens (tertiary/aromatic N) is 1. The van der Waals surface area contributed by atoms with Crippen LogP contribution in [0.3, 0.4) is 0 Å². The third-order valence-electron chi connectivity index (χ3n) is 2.50. The zero-order valence-corrected chi connectivity index (χ0v) is 9.33. The van der Waals surface area contributed by atoms with Gasteiger partial charge in [-0.3, -0.25) is 15.5 Å². The second-order valence-electron chi connectivity index (χ2n) is 3.63. The highest BCUT2D eigenvalue weighted by atomic mass is 16.5. The van der Waals surface area contributed by atoms with Crippen molar-refractivity contribution in [3.05, 3.63) is 64.6 Å². The molecule has 0 atom stereocenters. The van der Waals surface area contributed by atoms with Crippen molar-refractivity contribution in [1.82, 2.24) is 0 Å². The summed E-state index contributed by atoms with van der Waals surface area (Å²) < 4.78 is 0. The van der Waals surface area contributed by atoms with E-state index in [2.05, 4.69) is 5.18 Å². The van der Waals surface area contributed by atoms with Gasteiger partial charge in [-0.15, -0.1) is 4.91 Å². The van der Waals surface area contributed by atoms with Crippen LogP contribution in [-0.4, -0.2) is 11.0 Å². The summed E-state index contributed by atoms with van der Waals surface area (Å²) >= 11 is 0. The topological polar surface area (TPSA) is 78.8 Å². The van der Waals surface area contributed by atoms with Crippen molar-refractivity contribution in [2.75, 3.05) is 5.48 Å². The largest absolute Gasteiger partial charge is 0.291 e. The Labute approximate surface area is 103 Å². The first-order valence-corrected chi connectivity index (χ1v) is 5.23. The van der Waals surface area contributed by atoms with Gasteiger partial charge >= 0.3 is 0 Å². The highest BCUT2D eigenvalue weighted by Gasteiger charge is 2.14. The van der Waals surface area contributed by atoms with E-state index >= 15 is 0 Å². The third kappa shape index (κ3) is 2.26. The number of rotatable bonds is 4. The second-order valence-corrected chi connectivity index (χ2v) is 3.63. The van der Waals surface area contributed by atoms with Gasteiger partial charge in [-0.1, -0.05) is 30.3 Å². The highest BCUT2D eigenvalue weighted by Crippen LogP contribution is 2.25. The van der Waals surface area contributed by atoms with Gasteiger partial charge in [0, 0.05) is 5.56 Å². The SMILES string of the molecule is O=Nc1ccc(NO)cc1C(=O)c1ccccc1. The fourth-order valence-corrected chi connectivity index (χ4v) is 1.61. The van der Waals surface area contributed by atoms with Crippen LogP contribution in [0.2, 0.25) is 0 Å². The summed E-state index contributed by atoms with van der Waals surface area (Å²) in [7, 11) is 0. The van der Waals surface area contributed by atoms with Crippen LogP contribution in [0, 0.1) is 4.91 Å². The Morgan fingerprint density at radius 3 is 2.44 bits per heavy atom. The molecule has 5 heteroatoms. The minimum atomic E-state index is -0.317. The molecule has 2 aromatic carbocycles. The van der Waals surface area contributed by atoms with Crippen molar-refractivity contribution in [3.63, 3.8) is 0 Å². The maximum absolute atomic E-state index is 12.2. The van der Waals surface area contributed by atoms with Gasteiger partial charge in [-0.05, 0) is 23.4 Å². The van der Waals surface area contributed by atoms with Crippen LogP contribution in [0.15, 0.2) is 53.7 Å². The number of carbonyl (C=O) groups excluding carboxylic acids is 1. The van der Waals surface area contributed by atoms with E-state index in [1.807, 2.05) is 5.48 Å². The monoisotopic (exact) mass is 242 g/mol. The lowest BCUT2D eigenvalue weighted by Gasteiger charge is -2.05. The maximum Gasteiger partial charge on any atom is 0.195 e. The summed E-state index contributed by atoms with van der Waals surface area (Å²) in [4.78, 5) is 22.9. The molecule has 0 aliphatic heterocycles. The minimum Gasteiger partial charge on any atom is -0.291 e. The van der Waals surface area contributed by atoms with Crippen molar-refractivity contribution in [3.8, 4) is 0 Å². The molecule has 0 aliphatic carbocycles. The Morgan fingerprint density at radius 2 is 1.83 bits per heavy atom. The Balaban J connectivity index is 2.49. The molecule has 0 spiro atoms. The minimum absolute atomic E-state index is 0.0443. The number of ketones is 1. The molecule has 0 aliphatic rings. The number of nitrogens with one attached hydrogen (secondary N) is 1. The normalized spacial score (nSPS) is 9.83. The molecule has 0 amide bonds. The van der Waals surface area contributed by atoms with Gasteiger partial charge in [0.2, 0.25) is 0 Å². The van der Waals surface area contributed by atoms with E-state index in [4.69, 9.17) is 5.21 Å². The van der Waals surface area contributed by atoms with Crippen LogP contribution in [0.25, 0.3) is 0 Å². The van der Waals surface area contributed by atoms with Gasteiger partial charge < -0.3 is 0 Å². The zero-order chi connectivity index (χ0) is 13.0.